The van der Waals surface area contributed by atoms with Gasteiger partial charge in [-0.05, 0) is 23.8 Å². The normalized spacial score (nSPS) is 17.2. The minimum atomic E-state index is -0.895. The number of nitrogens with zero attached hydrogens (tertiary/aromatic N) is 1. The first-order chi connectivity index (χ1) is 16.3. The molecule has 1 heterocycles. The average Bonchev–Trinajstić information content (AvgIpc) is 3.10. The van der Waals surface area contributed by atoms with E-state index < -0.39 is 23.5 Å². The Morgan fingerprint density at radius 2 is 1.82 bits per heavy atom. The zero-order chi connectivity index (χ0) is 24.8. The molecule has 1 amide bonds. The van der Waals surface area contributed by atoms with Crippen LogP contribution in [0.3, 0.4) is 0 Å². The maximum Gasteiger partial charge on any atom is 0.295 e. The number of amides is 1. The number of likely N-dealkylation sites (tertiary alicyclic amines) is 1. The van der Waals surface area contributed by atoms with E-state index in [1.807, 2.05) is 14.1 Å². The minimum Gasteiger partial charge on any atom is -0.872 e. The van der Waals surface area contributed by atoms with Crippen molar-refractivity contribution < 1.29 is 33.8 Å². The van der Waals surface area contributed by atoms with Crippen LogP contribution in [-0.2, 0) is 9.59 Å². The molecule has 8 nitrogen and oxygen atoms in total. The van der Waals surface area contributed by atoms with Crippen molar-refractivity contribution in [2.45, 2.75) is 6.04 Å². The fourth-order valence-corrected chi connectivity index (χ4v) is 3.91. The van der Waals surface area contributed by atoms with Crippen molar-refractivity contribution >= 4 is 17.4 Å². The third-order valence-electron chi connectivity index (χ3n) is 5.59. The summed E-state index contributed by atoms with van der Waals surface area (Å²) in [5, 5.41) is 13.6. The van der Waals surface area contributed by atoms with Crippen LogP contribution < -0.4 is 24.2 Å². The van der Waals surface area contributed by atoms with Gasteiger partial charge in [-0.15, -0.1) is 0 Å². The zero-order valence-corrected chi connectivity index (χ0v) is 19.9. The number of rotatable bonds is 10. The second-order valence-corrected chi connectivity index (χ2v) is 8.14. The quantitative estimate of drug-likeness (QED) is 0.239. The average molecular weight is 467 g/mol. The molecule has 3 rings (SSSR count). The molecule has 1 fully saturated rings. The Hall–Kier alpha value is -3.78. The Morgan fingerprint density at radius 1 is 1.12 bits per heavy atom. The maximum absolute atomic E-state index is 13.6. The lowest BCUT2D eigenvalue weighted by Gasteiger charge is -2.29. The molecule has 2 aromatic rings. The largest absolute Gasteiger partial charge is 0.872 e. The van der Waals surface area contributed by atoms with Crippen molar-refractivity contribution in [3.8, 4) is 17.2 Å². The topological polar surface area (TPSA) is 92.6 Å². The van der Waals surface area contributed by atoms with Crippen LogP contribution in [0.15, 0.2) is 60.7 Å². The fourth-order valence-electron chi connectivity index (χ4n) is 3.91. The van der Waals surface area contributed by atoms with E-state index in [-0.39, 0.29) is 11.1 Å². The van der Waals surface area contributed by atoms with Crippen LogP contribution in [0.25, 0.3) is 5.76 Å². The lowest BCUT2D eigenvalue weighted by molar-refractivity contribution is -0.857. The Morgan fingerprint density at radius 3 is 2.41 bits per heavy atom. The molecular weight excluding hydrogens is 436 g/mol. The molecule has 0 spiro atoms. The molecule has 0 saturated carbocycles. The van der Waals surface area contributed by atoms with E-state index in [0.29, 0.717) is 42.5 Å². The van der Waals surface area contributed by atoms with Gasteiger partial charge in [-0.1, -0.05) is 42.7 Å². The second-order valence-electron chi connectivity index (χ2n) is 8.14. The summed E-state index contributed by atoms with van der Waals surface area (Å²) in [4.78, 5) is 28.8. The molecule has 1 unspecified atom stereocenters. The van der Waals surface area contributed by atoms with Crippen LogP contribution >= 0.6 is 0 Å². The van der Waals surface area contributed by atoms with Crippen molar-refractivity contribution in [1.29, 1.82) is 0 Å². The number of hydrogen-bond donors (Lipinski definition) is 1. The van der Waals surface area contributed by atoms with Gasteiger partial charge in [0.05, 0.1) is 47.4 Å². The number of ether oxygens (including phenoxy) is 3. The highest BCUT2D eigenvalue weighted by Crippen LogP contribution is 2.44. The molecule has 1 aliphatic heterocycles. The van der Waals surface area contributed by atoms with Crippen molar-refractivity contribution in [1.82, 2.24) is 4.90 Å². The molecule has 1 atom stereocenters. The SMILES string of the molecule is C=CCOc1ccc(C([O-])=C2C(=O)C(=O)N(CC[NH+](C)C)C2c2cccc(OC)c2OC)cc1. The van der Waals surface area contributed by atoms with Crippen LogP contribution in [0.1, 0.15) is 17.2 Å². The van der Waals surface area contributed by atoms with E-state index in [0.717, 1.165) is 4.90 Å². The van der Waals surface area contributed by atoms with Gasteiger partial charge in [0.25, 0.3) is 5.91 Å². The number of carbonyl (C=O) groups excluding carboxylic acids is 2. The van der Waals surface area contributed by atoms with Gasteiger partial charge in [-0.25, -0.2) is 0 Å². The second kappa shape index (κ2) is 10.9. The van der Waals surface area contributed by atoms with Crippen LogP contribution in [0.2, 0.25) is 0 Å². The Bertz CT molecular complexity index is 1090. The summed E-state index contributed by atoms with van der Waals surface area (Å²) in [5.41, 5.74) is 0.697. The molecule has 180 valence electrons. The van der Waals surface area contributed by atoms with Gasteiger partial charge in [0.2, 0.25) is 5.78 Å². The summed E-state index contributed by atoms with van der Waals surface area (Å²) < 4.78 is 16.5. The summed E-state index contributed by atoms with van der Waals surface area (Å²) >= 11 is 0. The van der Waals surface area contributed by atoms with Crippen molar-refractivity contribution in [2.75, 3.05) is 48.0 Å². The Kier molecular flexibility index (Phi) is 7.96. The Balaban J connectivity index is 2.16. The van der Waals surface area contributed by atoms with Gasteiger partial charge in [0.1, 0.15) is 12.4 Å². The molecule has 0 aliphatic carbocycles. The summed E-state index contributed by atoms with van der Waals surface area (Å²) in [6.07, 6.45) is 1.62. The van der Waals surface area contributed by atoms with E-state index >= 15 is 0 Å². The fraction of sp³-hybridized carbons (Fsp3) is 0.308. The summed E-state index contributed by atoms with van der Waals surface area (Å²) in [6, 6.07) is 10.8. The molecule has 2 aromatic carbocycles. The first-order valence-corrected chi connectivity index (χ1v) is 10.9. The number of methoxy groups -OCH3 is 2. The number of ketones is 1. The molecule has 8 heteroatoms. The number of nitrogens with one attached hydrogen (secondary N) is 1. The van der Waals surface area contributed by atoms with Crippen molar-refractivity contribution in [3.05, 3.63) is 71.8 Å². The highest BCUT2D eigenvalue weighted by molar-refractivity contribution is 6.46. The standard InChI is InChI=1S/C26H30N2O6/c1-6-16-34-18-12-10-17(11-13-18)23(29)21-22(19-8-7-9-20(32-4)25(19)33-5)28(15-14-27(2)3)26(31)24(21)30/h6-13,22,29H,1,14-16H2,2-5H3. The van der Waals surface area contributed by atoms with Gasteiger partial charge >= 0.3 is 0 Å². The van der Waals surface area contributed by atoms with Gasteiger partial charge in [-0.2, -0.15) is 0 Å². The molecule has 1 saturated heterocycles. The van der Waals surface area contributed by atoms with Crippen molar-refractivity contribution in [2.24, 2.45) is 0 Å². The number of para-hydroxylation sites is 1. The number of hydrogen-bond acceptors (Lipinski definition) is 6. The monoisotopic (exact) mass is 466 g/mol. The van der Waals surface area contributed by atoms with E-state index in [1.54, 1.807) is 48.5 Å². The lowest BCUT2D eigenvalue weighted by atomic mass is 9.94. The summed E-state index contributed by atoms with van der Waals surface area (Å²) in [5.74, 6) is -0.634. The molecule has 0 bridgehead atoms. The zero-order valence-electron chi connectivity index (χ0n) is 19.9. The maximum atomic E-state index is 13.6. The first kappa shape index (κ1) is 24.9. The van der Waals surface area contributed by atoms with Crippen LogP contribution in [0.5, 0.6) is 17.2 Å². The lowest BCUT2D eigenvalue weighted by Crippen LogP contribution is -3.06. The number of carbonyl (C=O) groups is 2. The van der Waals surface area contributed by atoms with Crippen LogP contribution in [-0.4, -0.2) is 64.6 Å². The molecule has 34 heavy (non-hydrogen) atoms. The highest BCUT2D eigenvalue weighted by Gasteiger charge is 2.45. The van der Waals surface area contributed by atoms with E-state index in [4.69, 9.17) is 14.2 Å². The first-order valence-electron chi connectivity index (χ1n) is 10.9. The van der Waals surface area contributed by atoms with Gasteiger partial charge in [-0.3, -0.25) is 9.59 Å². The molecule has 1 aliphatic rings. The molecule has 0 aromatic heterocycles. The van der Waals surface area contributed by atoms with E-state index in [9.17, 15) is 14.7 Å². The minimum absolute atomic E-state index is 0.106. The van der Waals surface area contributed by atoms with Gasteiger partial charge in [0, 0.05) is 11.1 Å². The number of benzene rings is 2. The summed E-state index contributed by atoms with van der Waals surface area (Å²) in [6.45, 7) is 4.83. The van der Waals surface area contributed by atoms with E-state index in [1.165, 1.54) is 19.1 Å². The molecule has 0 radical (unpaired) electrons. The number of Topliss-reactive ketones (excluding diaryl/α,β-unsaturated/α-hetero) is 1. The van der Waals surface area contributed by atoms with Crippen LogP contribution in [0, 0.1) is 0 Å². The van der Waals surface area contributed by atoms with Crippen LogP contribution in [0.4, 0.5) is 0 Å². The highest BCUT2D eigenvalue weighted by atomic mass is 16.5. The summed E-state index contributed by atoms with van der Waals surface area (Å²) in [7, 11) is 6.90. The predicted molar refractivity (Wildman–Crippen MR) is 126 cm³/mol. The third kappa shape index (κ3) is 4.92. The smallest absolute Gasteiger partial charge is 0.295 e. The number of likely N-dealkylation sites (N-methyl/N-ethyl adjacent to an activating group) is 1. The molecular formula is C26H30N2O6. The Labute approximate surface area is 199 Å². The molecule has 1 N–H and O–H groups in total. The van der Waals surface area contributed by atoms with Gasteiger partial charge in [0.15, 0.2) is 11.5 Å². The van der Waals surface area contributed by atoms with Crippen molar-refractivity contribution in [3.63, 3.8) is 0 Å². The number of quaternary nitrogens is 1. The third-order valence-corrected chi connectivity index (χ3v) is 5.59. The predicted octanol–water partition coefficient (Wildman–Crippen LogP) is 0.637. The van der Waals surface area contributed by atoms with E-state index in [2.05, 4.69) is 6.58 Å². The van der Waals surface area contributed by atoms with Gasteiger partial charge < -0.3 is 29.1 Å².